The van der Waals surface area contributed by atoms with Crippen molar-refractivity contribution >= 4 is 27.5 Å². The van der Waals surface area contributed by atoms with E-state index in [0.29, 0.717) is 5.56 Å². The van der Waals surface area contributed by atoms with Gasteiger partial charge in [-0.05, 0) is 40.5 Å². The van der Waals surface area contributed by atoms with Gasteiger partial charge in [0.2, 0.25) is 0 Å². The van der Waals surface area contributed by atoms with Crippen LogP contribution >= 0.6 is 27.5 Å². The molecule has 0 bridgehead atoms. The van der Waals surface area contributed by atoms with E-state index in [9.17, 15) is 4.39 Å². The second-order valence-electron chi connectivity index (χ2n) is 2.47. The van der Waals surface area contributed by atoms with Gasteiger partial charge in [0.15, 0.2) is 5.82 Å². The number of rotatable bonds is 1. The van der Waals surface area contributed by atoms with Crippen molar-refractivity contribution in [3.05, 3.63) is 33.0 Å². The molecule has 12 heavy (non-hydrogen) atoms. The summed E-state index contributed by atoms with van der Waals surface area (Å²) in [5.74, 6) is -0.499. The van der Waals surface area contributed by atoms with Crippen molar-refractivity contribution < 1.29 is 9.50 Å². The predicted molar refractivity (Wildman–Crippen MR) is 49.7 cm³/mol. The maximum atomic E-state index is 12.9. The van der Waals surface area contributed by atoms with Crippen LogP contribution in [0.1, 0.15) is 18.6 Å². The summed E-state index contributed by atoms with van der Waals surface area (Å²) in [7, 11) is 0. The van der Waals surface area contributed by atoms with Crippen molar-refractivity contribution in [3.63, 3.8) is 0 Å². The highest BCUT2D eigenvalue weighted by Crippen LogP contribution is 2.27. The van der Waals surface area contributed by atoms with E-state index in [1.165, 1.54) is 12.1 Å². The summed E-state index contributed by atoms with van der Waals surface area (Å²) in [4.78, 5) is 0. The highest BCUT2D eigenvalue weighted by molar-refractivity contribution is 9.10. The lowest BCUT2D eigenvalue weighted by molar-refractivity contribution is 0.199. The molecule has 0 aromatic heterocycles. The molecule has 1 atom stereocenters. The molecule has 0 saturated carbocycles. The van der Waals surface area contributed by atoms with Gasteiger partial charge in [0.1, 0.15) is 0 Å². The van der Waals surface area contributed by atoms with Gasteiger partial charge < -0.3 is 5.11 Å². The van der Waals surface area contributed by atoms with E-state index in [4.69, 9.17) is 16.7 Å². The third-order valence-corrected chi connectivity index (χ3v) is 2.34. The Balaban J connectivity index is 3.21. The van der Waals surface area contributed by atoms with Crippen LogP contribution in [0.25, 0.3) is 0 Å². The molecule has 1 nitrogen and oxygen atoms in total. The molecule has 0 spiro atoms. The van der Waals surface area contributed by atoms with Gasteiger partial charge in [-0.1, -0.05) is 11.6 Å². The Hall–Kier alpha value is -0.120. The zero-order valence-corrected chi connectivity index (χ0v) is 8.66. The van der Waals surface area contributed by atoms with E-state index in [2.05, 4.69) is 15.9 Å². The van der Waals surface area contributed by atoms with Gasteiger partial charge in [0, 0.05) is 0 Å². The minimum Gasteiger partial charge on any atom is -0.389 e. The van der Waals surface area contributed by atoms with Gasteiger partial charge in [-0.2, -0.15) is 0 Å². The topological polar surface area (TPSA) is 20.2 Å². The van der Waals surface area contributed by atoms with Crippen LogP contribution in [0.5, 0.6) is 0 Å². The standard InChI is InChI=1S/C8H7BrClFO/c1-4(12)5-2-6(9)8(11)7(10)3-5/h2-4,12H,1H3. The van der Waals surface area contributed by atoms with Crippen LogP contribution < -0.4 is 0 Å². The molecule has 0 heterocycles. The van der Waals surface area contributed by atoms with E-state index in [1.807, 2.05) is 0 Å². The summed E-state index contributed by atoms with van der Waals surface area (Å²) in [6, 6.07) is 2.91. The molecule has 66 valence electrons. The van der Waals surface area contributed by atoms with E-state index >= 15 is 0 Å². The molecule has 0 aliphatic rings. The van der Waals surface area contributed by atoms with Crippen molar-refractivity contribution in [1.29, 1.82) is 0 Å². The highest BCUT2D eigenvalue weighted by Gasteiger charge is 2.09. The second kappa shape index (κ2) is 3.73. The number of halogens is 3. The Bertz CT molecular complexity index is 278. The summed E-state index contributed by atoms with van der Waals surface area (Å²) in [6.45, 7) is 1.59. The lowest BCUT2D eigenvalue weighted by Gasteiger charge is -2.06. The Morgan fingerprint density at radius 3 is 2.58 bits per heavy atom. The predicted octanol–water partition coefficient (Wildman–Crippen LogP) is 3.29. The van der Waals surface area contributed by atoms with Gasteiger partial charge in [-0.15, -0.1) is 0 Å². The Labute approximate surface area is 83.3 Å². The fourth-order valence-electron chi connectivity index (χ4n) is 0.816. The maximum absolute atomic E-state index is 12.9. The summed E-state index contributed by atoms with van der Waals surface area (Å²) in [5, 5.41) is 9.18. The van der Waals surface area contributed by atoms with Gasteiger partial charge in [0.05, 0.1) is 15.6 Å². The van der Waals surface area contributed by atoms with Crippen LogP contribution in [0.2, 0.25) is 5.02 Å². The third-order valence-electron chi connectivity index (χ3n) is 1.49. The molecule has 0 aliphatic heterocycles. The minimum atomic E-state index is -0.639. The summed E-state index contributed by atoms with van der Waals surface area (Å²) >= 11 is 8.54. The number of aliphatic hydroxyl groups excluding tert-OH is 1. The van der Waals surface area contributed by atoms with Crippen molar-refractivity contribution in [3.8, 4) is 0 Å². The highest BCUT2D eigenvalue weighted by atomic mass is 79.9. The second-order valence-corrected chi connectivity index (χ2v) is 3.74. The van der Waals surface area contributed by atoms with Crippen LogP contribution in [0.15, 0.2) is 16.6 Å². The average molecular weight is 253 g/mol. The zero-order chi connectivity index (χ0) is 9.30. The lowest BCUT2D eigenvalue weighted by atomic mass is 10.1. The van der Waals surface area contributed by atoms with Crippen molar-refractivity contribution in [1.82, 2.24) is 0 Å². The Morgan fingerprint density at radius 2 is 2.17 bits per heavy atom. The van der Waals surface area contributed by atoms with Crippen LogP contribution in [-0.2, 0) is 0 Å². The molecule has 4 heteroatoms. The molecule has 1 N–H and O–H groups in total. The van der Waals surface area contributed by atoms with Gasteiger partial charge in [-0.25, -0.2) is 4.39 Å². The monoisotopic (exact) mass is 252 g/mol. The first-order chi connectivity index (χ1) is 5.52. The fraction of sp³-hybridized carbons (Fsp3) is 0.250. The number of aliphatic hydroxyl groups is 1. The van der Waals surface area contributed by atoms with Crippen LogP contribution in [-0.4, -0.2) is 5.11 Å². The molecule has 1 aromatic rings. The first-order valence-corrected chi connectivity index (χ1v) is 4.52. The summed E-state index contributed by atoms with van der Waals surface area (Å²) < 4.78 is 13.2. The molecule has 0 amide bonds. The largest absolute Gasteiger partial charge is 0.389 e. The smallest absolute Gasteiger partial charge is 0.155 e. The normalized spacial score (nSPS) is 13.1. The van der Waals surface area contributed by atoms with Crippen LogP contribution in [0.4, 0.5) is 4.39 Å². The van der Waals surface area contributed by atoms with Crippen molar-refractivity contribution in [2.45, 2.75) is 13.0 Å². The SMILES string of the molecule is CC(O)c1cc(Cl)c(F)c(Br)c1. The average Bonchev–Trinajstić information content (AvgIpc) is 1.99. The van der Waals surface area contributed by atoms with Crippen LogP contribution in [0, 0.1) is 5.82 Å². The van der Waals surface area contributed by atoms with E-state index in [1.54, 1.807) is 6.92 Å². The van der Waals surface area contributed by atoms with E-state index < -0.39 is 11.9 Å². The molecule has 0 saturated heterocycles. The summed E-state index contributed by atoms with van der Waals surface area (Å²) in [6.07, 6.45) is -0.639. The first kappa shape index (κ1) is 9.96. The van der Waals surface area contributed by atoms with Crippen molar-refractivity contribution in [2.75, 3.05) is 0 Å². The van der Waals surface area contributed by atoms with Gasteiger partial charge in [-0.3, -0.25) is 0 Å². The number of benzene rings is 1. The molecular weight excluding hydrogens is 246 g/mol. The van der Waals surface area contributed by atoms with Gasteiger partial charge in [0.25, 0.3) is 0 Å². The van der Waals surface area contributed by atoms with Crippen LogP contribution in [0.3, 0.4) is 0 Å². The van der Waals surface area contributed by atoms with E-state index in [-0.39, 0.29) is 9.50 Å². The Morgan fingerprint density at radius 1 is 1.58 bits per heavy atom. The Kier molecular flexibility index (Phi) is 3.09. The zero-order valence-electron chi connectivity index (χ0n) is 6.31. The molecule has 0 fully saturated rings. The third kappa shape index (κ3) is 1.97. The molecule has 0 radical (unpaired) electrons. The first-order valence-electron chi connectivity index (χ1n) is 3.35. The van der Waals surface area contributed by atoms with Crippen molar-refractivity contribution in [2.24, 2.45) is 0 Å². The lowest BCUT2D eigenvalue weighted by Crippen LogP contribution is -1.92. The molecule has 1 rings (SSSR count). The summed E-state index contributed by atoms with van der Waals surface area (Å²) in [5.41, 5.74) is 0.591. The van der Waals surface area contributed by atoms with E-state index in [0.717, 1.165) is 0 Å². The molecule has 1 aromatic carbocycles. The number of hydrogen-bond donors (Lipinski definition) is 1. The molecule has 1 unspecified atom stereocenters. The maximum Gasteiger partial charge on any atom is 0.155 e. The fourth-order valence-corrected chi connectivity index (χ4v) is 1.64. The molecular formula is C8H7BrClFO. The molecule has 0 aliphatic carbocycles. The minimum absolute atomic E-state index is 0.0141. The number of hydrogen-bond acceptors (Lipinski definition) is 1. The van der Waals surface area contributed by atoms with Gasteiger partial charge >= 0.3 is 0 Å². The quantitative estimate of drug-likeness (QED) is 0.762.